The van der Waals surface area contributed by atoms with E-state index in [1.165, 1.54) is 6.42 Å². The van der Waals surface area contributed by atoms with Crippen LogP contribution in [0.2, 0.25) is 5.02 Å². The van der Waals surface area contributed by atoms with Crippen LogP contribution < -0.4 is 9.47 Å². The number of Topliss-reactive ketones (excluding diaryl/α,β-unsaturated/α-hetero) is 1. The van der Waals surface area contributed by atoms with Crippen molar-refractivity contribution in [1.29, 1.82) is 0 Å². The van der Waals surface area contributed by atoms with Gasteiger partial charge in [0.2, 0.25) is 0 Å². The molecule has 0 amide bonds. The van der Waals surface area contributed by atoms with Crippen molar-refractivity contribution in [3.05, 3.63) is 22.7 Å². The van der Waals surface area contributed by atoms with Gasteiger partial charge in [-0.1, -0.05) is 11.6 Å². The minimum Gasteiger partial charge on any atom is -0.490 e. The first kappa shape index (κ1) is 14.7. The number of ether oxygens (including phenoxy) is 2. The molecule has 2 aliphatic rings. The maximum Gasteiger partial charge on any atom is 0.167 e. The van der Waals surface area contributed by atoms with E-state index in [1.807, 2.05) is 13.8 Å². The molecule has 21 heavy (non-hydrogen) atoms. The van der Waals surface area contributed by atoms with Gasteiger partial charge in [0.15, 0.2) is 17.3 Å². The van der Waals surface area contributed by atoms with E-state index in [4.69, 9.17) is 21.1 Å². The molecule has 2 saturated carbocycles. The quantitative estimate of drug-likeness (QED) is 0.732. The topological polar surface area (TPSA) is 35.5 Å². The van der Waals surface area contributed by atoms with Gasteiger partial charge in [0.25, 0.3) is 0 Å². The first-order valence-corrected chi connectivity index (χ1v) is 8.15. The maximum atomic E-state index is 12.7. The van der Waals surface area contributed by atoms with E-state index in [9.17, 15) is 4.79 Å². The Balaban J connectivity index is 1.86. The number of benzene rings is 1. The fraction of sp³-hybridized carbons (Fsp3) is 0.588. The number of halogens is 1. The van der Waals surface area contributed by atoms with Gasteiger partial charge < -0.3 is 9.47 Å². The number of carbonyl (C=O) groups is 1. The zero-order valence-corrected chi connectivity index (χ0v) is 13.3. The number of hydrogen-bond acceptors (Lipinski definition) is 3. The van der Waals surface area contributed by atoms with E-state index in [-0.39, 0.29) is 11.7 Å². The highest BCUT2D eigenvalue weighted by molar-refractivity contribution is 6.34. The molecule has 114 valence electrons. The summed E-state index contributed by atoms with van der Waals surface area (Å²) in [5.74, 6) is 3.08. The highest BCUT2D eigenvalue weighted by atomic mass is 35.5. The summed E-state index contributed by atoms with van der Waals surface area (Å²) in [6, 6.07) is 3.46. The molecule has 0 radical (unpaired) electrons. The van der Waals surface area contributed by atoms with E-state index >= 15 is 0 Å². The molecule has 0 bridgehead atoms. The molecule has 2 aliphatic carbocycles. The fourth-order valence-corrected chi connectivity index (χ4v) is 3.66. The average molecular weight is 309 g/mol. The zero-order chi connectivity index (χ0) is 15.0. The normalized spacial score (nSPS) is 26.3. The monoisotopic (exact) mass is 308 g/mol. The Hall–Kier alpha value is -1.22. The molecule has 1 aromatic carbocycles. The number of rotatable bonds is 6. The van der Waals surface area contributed by atoms with Gasteiger partial charge in [0.1, 0.15) is 0 Å². The minimum atomic E-state index is 0.138. The molecule has 0 aliphatic heterocycles. The van der Waals surface area contributed by atoms with Gasteiger partial charge in [-0.3, -0.25) is 4.79 Å². The van der Waals surface area contributed by atoms with Crippen molar-refractivity contribution in [2.24, 2.45) is 17.8 Å². The molecule has 0 spiro atoms. The Morgan fingerprint density at radius 2 is 1.67 bits per heavy atom. The smallest absolute Gasteiger partial charge is 0.167 e. The lowest BCUT2D eigenvalue weighted by atomic mass is 9.93. The summed E-state index contributed by atoms with van der Waals surface area (Å²) in [6.07, 6.45) is 3.36. The second-order valence-electron chi connectivity index (χ2n) is 5.93. The molecular formula is C17H21ClO3. The molecule has 1 aromatic rings. The third kappa shape index (κ3) is 2.89. The Bertz CT molecular complexity index is 545. The van der Waals surface area contributed by atoms with Crippen LogP contribution in [0.1, 0.15) is 43.5 Å². The summed E-state index contributed by atoms with van der Waals surface area (Å²) in [5, 5.41) is 0.465. The van der Waals surface area contributed by atoms with Crippen molar-refractivity contribution < 1.29 is 14.3 Å². The van der Waals surface area contributed by atoms with Gasteiger partial charge in [0, 0.05) is 17.5 Å². The third-order valence-electron chi connectivity index (χ3n) is 4.51. The van der Waals surface area contributed by atoms with Gasteiger partial charge in [0.05, 0.1) is 18.2 Å². The van der Waals surface area contributed by atoms with E-state index in [0.29, 0.717) is 35.3 Å². The van der Waals surface area contributed by atoms with E-state index in [2.05, 4.69) is 0 Å². The van der Waals surface area contributed by atoms with E-state index in [1.54, 1.807) is 12.1 Å². The zero-order valence-electron chi connectivity index (χ0n) is 12.5. The molecule has 2 unspecified atom stereocenters. The van der Waals surface area contributed by atoms with Crippen LogP contribution >= 0.6 is 11.6 Å². The van der Waals surface area contributed by atoms with Crippen LogP contribution in [0.15, 0.2) is 12.1 Å². The van der Waals surface area contributed by atoms with Crippen LogP contribution in [0.3, 0.4) is 0 Å². The van der Waals surface area contributed by atoms with Crippen molar-refractivity contribution in [1.82, 2.24) is 0 Å². The Morgan fingerprint density at radius 3 is 2.24 bits per heavy atom. The first-order chi connectivity index (χ1) is 10.1. The highest BCUT2D eigenvalue weighted by Gasteiger charge is 2.48. The van der Waals surface area contributed by atoms with E-state index < -0.39 is 0 Å². The summed E-state index contributed by atoms with van der Waals surface area (Å²) in [7, 11) is 0. The second-order valence-corrected chi connectivity index (χ2v) is 6.34. The van der Waals surface area contributed by atoms with Crippen molar-refractivity contribution in [2.45, 2.75) is 33.1 Å². The largest absolute Gasteiger partial charge is 0.490 e. The lowest BCUT2D eigenvalue weighted by Crippen LogP contribution is -2.14. The Labute approximate surface area is 130 Å². The fourth-order valence-electron chi connectivity index (χ4n) is 3.41. The van der Waals surface area contributed by atoms with Gasteiger partial charge >= 0.3 is 0 Å². The number of fused-ring (bicyclic) bond motifs is 1. The van der Waals surface area contributed by atoms with E-state index in [0.717, 1.165) is 24.7 Å². The van der Waals surface area contributed by atoms with Crippen LogP contribution in [0, 0.1) is 17.8 Å². The molecule has 4 heteroatoms. The Kier molecular flexibility index (Phi) is 4.12. The average Bonchev–Trinajstić information content (AvgIpc) is 3.07. The molecular weight excluding hydrogens is 288 g/mol. The predicted molar refractivity (Wildman–Crippen MR) is 82.4 cm³/mol. The van der Waals surface area contributed by atoms with Crippen molar-refractivity contribution in [3.63, 3.8) is 0 Å². The minimum absolute atomic E-state index is 0.138. The number of carbonyl (C=O) groups excluding carboxylic acids is 1. The van der Waals surface area contributed by atoms with Crippen molar-refractivity contribution in [2.75, 3.05) is 13.2 Å². The third-order valence-corrected chi connectivity index (χ3v) is 4.83. The lowest BCUT2D eigenvalue weighted by molar-refractivity contribution is 0.0914. The van der Waals surface area contributed by atoms with Crippen LogP contribution in [0.25, 0.3) is 0 Å². The summed E-state index contributed by atoms with van der Waals surface area (Å²) >= 11 is 6.30. The molecule has 3 rings (SSSR count). The van der Waals surface area contributed by atoms with Crippen LogP contribution in [0.4, 0.5) is 0 Å². The lowest BCUT2D eigenvalue weighted by Gasteiger charge is -2.16. The number of hydrogen-bond donors (Lipinski definition) is 0. The molecule has 3 nitrogen and oxygen atoms in total. The maximum absolute atomic E-state index is 12.7. The predicted octanol–water partition coefficient (Wildman–Crippen LogP) is 4.37. The molecule has 2 atom stereocenters. The summed E-state index contributed by atoms with van der Waals surface area (Å²) in [6.45, 7) is 4.89. The standard InChI is InChI=1S/C17H21ClO3/c1-3-20-15-8-13(14(18)9-16(15)21-4-2)17(19)12-6-10-5-11(10)7-12/h8-12H,3-7H2,1-2H3. The molecule has 0 N–H and O–H groups in total. The summed E-state index contributed by atoms with van der Waals surface area (Å²) < 4.78 is 11.1. The highest BCUT2D eigenvalue weighted by Crippen LogP contribution is 2.55. The summed E-state index contributed by atoms with van der Waals surface area (Å²) in [5.41, 5.74) is 0.579. The molecule has 0 aromatic heterocycles. The van der Waals surface area contributed by atoms with Gasteiger partial charge in [-0.05, 0) is 51.0 Å². The van der Waals surface area contributed by atoms with Crippen molar-refractivity contribution >= 4 is 17.4 Å². The number of ketones is 1. The first-order valence-electron chi connectivity index (χ1n) is 7.77. The summed E-state index contributed by atoms with van der Waals surface area (Å²) in [4.78, 5) is 12.7. The second kappa shape index (κ2) is 5.88. The molecule has 2 fully saturated rings. The van der Waals surface area contributed by atoms with Crippen LogP contribution in [-0.4, -0.2) is 19.0 Å². The Morgan fingerprint density at radius 1 is 1.10 bits per heavy atom. The van der Waals surface area contributed by atoms with Crippen LogP contribution in [0.5, 0.6) is 11.5 Å². The van der Waals surface area contributed by atoms with Crippen molar-refractivity contribution in [3.8, 4) is 11.5 Å². The van der Waals surface area contributed by atoms with Crippen LogP contribution in [-0.2, 0) is 0 Å². The van der Waals surface area contributed by atoms with Gasteiger partial charge in [-0.2, -0.15) is 0 Å². The van der Waals surface area contributed by atoms with Gasteiger partial charge in [-0.25, -0.2) is 0 Å². The SMILES string of the molecule is CCOc1cc(Cl)c(C(=O)C2CC3CC3C2)cc1OCC. The molecule has 0 saturated heterocycles. The van der Waals surface area contributed by atoms with Gasteiger partial charge in [-0.15, -0.1) is 0 Å². The molecule has 0 heterocycles.